The highest BCUT2D eigenvalue weighted by molar-refractivity contribution is 6.06. The number of ether oxygens (including phenoxy) is 2. The number of esters is 1. The van der Waals surface area contributed by atoms with E-state index < -0.39 is 16.8 Å². The number of hydrogen-bond donors (Lipinski definition) is 1. The molecule has 1 aliphatic heterocycles. The Morgan fingerprint density at radius 2 is 1.93 bits per heavy atom. The van der Waals surface area contributed by atoms with Crippen molar-refractivity contribution in [2.45, 2.75) is 13.8 Å². The maximum absolute atomic E-state index is 12.6. The van der Waals surface area contributed by atoms with Crippen molar-refractivity contribution >= 4 is 28.9 Å². The number of aryl methyl sites for hydroxylation is 1. The van der Waals surface area contributed by atoms with E-state index in [2.05, 4.69) is 5.32 Å². The SMILES string of the molecule is CCOC(=O)c1cc(NC(=O)c2ccc(C)c([N+](=O)[O-])c2)ccc1N1CCOCC1. The van der Waals surface area contributed by atoms with Gasteiger partial charge in [0.25, 0.3) is 11.6 Å². The number of carbonyl (C=O) groups excluding carboxylic acids is 2. The van der Waals surface area contributed by atoms with Crippen molar-refractivity contribution in [3.05, 3.63) is 63.2 Å². The fourth-order valence-corrected chi connectivity index (χ4v) is 3.22. The number of amides is 1. The first-order chi connectivity index (χ1) is 14.4. The van der Waals surface area contributed by atoms with Crippen molar-refractivity contribution in [2.24, 2.45) is 0 Å². The molecule has 0 atom stereocenters. The molecule has 3 rings (SSSR count). The summed E-state index contributed by atoms with van der Waals surface area (Å²) in [5.41, 5.74) is 1.94. The van der Waals surface area contributed by atoms with E-state index in [1.807, 2.05) is 4.90 Å². The molecular weight excluding hydrogens is 390 g/mol. The van der Waals surface area contributed by atoms with E-state index in [0.717, 1.165) is 0 Å². The van der Waals surface area contributed by atoms with E-state index in [-0.39, 0.29) is 17.9 Å². The summed E-state index contributed by atoms with van der Waals surface area (Å²) < 4.78 is 10.5. The monoisotopic (exact) mass is 413 g/mol. The van der Waals surface area contributed by atoms with Crippen molar-refractivity contribution in [1.82, 2.24) is 0 Å². The highest BCUT2D eigenvalue weighted by Gasteiger charge is 2.21. The Morgan fingerprint density at radius 3 is 2.60 bits per heavy atom. The Bertz CT molecular complexity index is 969. The van der Waals surface area contributed by atoms with E-state index in [1.54, 1.807) is 32.0 Å². The third-order valence-corrected chi connectivity index (χ3v) is 4.77. The molecule has 0 unspecified atom stereocenters. The molecule has 0 radical (unpaired) electrons. The van der Waals surface area contributed by atoms with Crippen LogP contribution in [0.25, 0.3) is 0 Å². The lowest BCUT2D eigenvalue weighted by Crippen LogP contribution is -2.37. The first-order valence-corrected chi connectivity index (χ1v) is 9.61. The van der Waals surface area contributed by atoms with E-state index in [0.29, 0.717) is 48.8 Å². The Morgan fingerprint density at radius 1 is 1.20 bits per heavy atom. The number of carbonyl (C=O) groups is 2. The standard InChI is InChI=1S/C21H23N3O6/c1-3-30-21(26)17-13-16(6-7-18(17)23-8-10-29-11-9-23)22-20(25)15-5-4-14(2)19(12-15)24(27)28/h4-7,12-13H,3,8-11H2,1-2H3,(H,22,25). The van der Waals surface area contributed by atoms with Gasteiger partial charge in [-0.3, -0.25) is 14.9 Å². The smallest absolute Gasteiger partial charge is 0.340 e. The van der Waals surface area contributed by atoms with Gasteiger partial charge in [0, 0.05) is 36.0 Å². The Balaban J connectivity index is 1.88. The molecular formula is C21H23N3O6. The zero-order chi connectivity index (χ0) is 21.7. The average molecular weight is 413 g/mol. The van der Waals surface area contributed by atoms with E-state index in [4.69, 9.17) is 9.47 Å². The molecule has 0 spiro atoms. The number of nitrogens with zero attached hydrogens (tertiary/aromatic N) is 2. The van der Waals surface area contributed by atoms with Crippen LogP contribution in [-0.4, -0.2) is 49.7 Å². The van der Waals surface area contributed by atoms with Crippen LogP contribution in [0.5, 0.6) is 0 Å². The van der Waals surface area contributed by atoms with Crippen LogP contribution >= 0.6 is 0 Å². The Labute approximate surface area is 173 Å². The van der Waals surface area contributed by atoms with Crippen molar-refractivity contribution in [1.29, 1.82) is 0 Å². The maximum atomic E-state index is 12.6. The quantitative estimate of drug-likeness (QED) is 0.440. The molecule has 158 valence electrons. The van der Waals surface area contributed by atoms with E-state index in [1.165, 1.54) is 18.2 Å². The Hall–Kier alpha value is -3.46. The first kappa shape index (κ1) is 21.3. The van der Waals surface area contributed by atoms with E-state index >= 15 is 0 Å². The second-order valence-corrected chi connectivity index (χ2v) is 6.76. The summed E-state index contributed by atoms with van der Waals surface area (Å²) in [4.78, 5) is 37.8. The lowest BCUT2D eigenvalue weighted by molar-refractivity contribution is -0.385. The van der Waals surface area contributed by atoms with E-state index in [9.17, 15) is 19.7 Å². The van der Waals surface area contributed by atoms with Crippen molar-refractivity contribution in [2.75, 3.05) is 43.1 Å². The number of nitrogens with one attached hydrogen (secondary N) is 1. The minimum absolute atomic E-state index is 0.127. The predicted octanol–water partition coefficient (Wildman–Crippen LogP) is 3.17. The molecule has 9 nitrogen and oxygen atoms in total. The van der Waals surface area contributed by atoms with Crippen LogP contribution in [0.4, 0.5) is 17.1 Å². The molecule has 1 fully saturated rings. The number of nitro benzene ring substituents is 1. The number of hydrogen-bond acceptors (Lipinski definition) is 7. The summed E-state index contributed by atoms with van der Waals surface area (Å²) in [5, 5.41) is 13.8. The molecule has 0 bridgehead atoms. The summed E-state index contributed by atoms with van der Waals surface area (Å²) in [6.45, 7) is 5.97. The molecule has 2 aromatic carbocycles. The number of anilines is 2. The van der Waals surface area contributed by atoms with Gasteiger partial charge in [0.15, 0.2) is 0 Å². The summed E-state index contributed by atoms with van der Waals surface area (Å²) in [6.07, 6.45) is 0. The average Bonchev–Trinajstić information content (AvgIpc) is 2.74. The van der Waals surface area contributed by atoms with Gasteiger partial charge in [0.05, 0.1) is 36.0 Å². The lowest BCUT2D eigenvalue weighted by atomic mass is 10.1. The van der Waals surface area contributed by atoms with Crippen molar-refractivity contribution < 1.29 is 24.0 Å². The molecule has 0 aliphatic carbocycles. The van der Waals surface area contributed by atoms with Crippen LogP contribution < -0.4 is 10.2 Å². The number of morpholine rings is 1. The van der Waals surface area contributed by atoms with Crippen LogP contribution in [0, 0.1) is 17.0 Å². The highest BCUT2D eigenvalue weighted by atomic mass is 16.6. The highest BCUT2D eigenvalue weighted by Crippen LogP contribution is 2.27. The molecule has 0 aromatic heterocycles. The molecule has 9 heteroatoms. The second kappa shape index (κ2) is 9.36. The van der Waals surface area contributed by atoms with Crippen LogP contribution in [0.2, 0.25) is 0 Å². The summed E-state index contributed by atoms with van der Waals surface area (Å²) >= 11 is 0. The third kappa shape index (κ3) is 4.74. The zero-order valence-corrected chi connectivity index (χ0v) is 16.8. The summed E-state index contributed by atoms with van der Waals surface area (Å²) in [6, 6.07) is 9.28. The molecule has 0 saturated carbocycles. The molecule has 1 amide bonds. The van der Waals surface area contributed by atoms with Gasteiger partial charge in [-0.1, -0.05) is 6.07 Å². The van der Waals surface area contributed by atoms with Gasteiger partial charge in [-0.15, -0.1) is 0 Å². The zero-order valence-electron chi connectivity index (χ0n) is 16.8. The molecule has 1 heterocycles. The van der Waals surface area contributed by atoms with Gasteiger partial charge in [-0.25, -0.2) is 4.79 Å². The molecule has 2 aromatic rings. The summed E-state index contributed by atoms with van der Waals surface area (Å²) in [7, 11) is 0. The minimum atomic E-state index is -0.526. The lowest BCUT2D eigenvalue weighted by Gasteiger charge is -2.30. The van der Waals surface area contributed by atoms with Gasteiger partial charge >= 0.3 is 5.97 Å². The van der Waals surface area contributed by atoms with Crippen LogP contribution in [0.3, 0.4) is 0 Å². The minimum Gasteiger partial charge on any atom is -0.462 e. The van der Waals surface area contributed by atoms with Crippen LogP contribution in [0.1, 0.15) is 33.2 Å². The fraction of sp³-hybridized carbons (Fsp3) is 0.333. The predicted molar refractivity (Wildman–Crippen MR) is 111 cm³/mol. The fourth-order valence-electron chi connectivity index (χ4n) is 3.22. The van der Waals surface area contributed by atoms with Gasteiger partial charge in [0.1, 0.15) is 0 Å². The number of nitro groups is 1. The Kier molecular flexibility index (Phi) is 6.63. The van der Waals surface area contributed by atoms with Crippen molar-refractivity contribution in [3.63, 3.8) is 0 Å². The van der Waals surface area contributed by atoms with Gasteiger partial charge in [-0.2, -0.15) is 0 Å². The molecule has 1 N–H and O–H groups in total. The van der Waals surface area contributed by atoms with Gasteiger partial charge in [-0.05, 0) is 38.1 Å². The topological polar surface area (TPSA) is 111 Å². The second-order valence-electron chi connectivity index (χ2n) is 6.76. The number of rotatable bonds is 6. The largest absolute Gasteiger partial charge is 0.462 e. The van der Waals surface area contributed by atoms with Crippen LogP contribution in [-0.2, 0) is 9.47 Å². The van der Waals surface area contributed by atoms with Crippen molar-refractivity contribution in [3.8, 4) is 0 Å². The van der Waals surface area contributed by atoms with Crippen LogP contribution in [0.15, 0.2) is 36.4 Å². The third-order valence-electron chi connectivity index (χ3n) is 4.77. The van der Waals surface area contributed by atoms with Gasteiger partial charge in [0.2, 0.25) is 0 Å². The molecule has 1 saturated heterocycles. The summed E-state index contributed by atoms with van der Waals surface area (Å²) in [5.74, 6) is -0.993. The van der Waals surface area contributed by atoms with Gasteiger partial charge < -0.3 is 19.7 Å². The maximum Gasteiger partial charge on any atom is 0.340 e. The molecule has 30 heavy (non-hydrogen) atoms. The molecule has 1 aliphatic rings. The first-order valence-electron chi connectivity index (χ1n) is 9.61. The number of benzene rings is 2. The normalized spacial score (nSPS) is 13.6.